The summed E-state index contributed by atoms with van der Waals surface area (Å²) in [5.74, 6) is 0.347. The molecular weight excluding hydrogens is 320 g/mol. The molecule has 0 saturated carbocycles. The van der Waals surface area contributed by atoms with Crippen molar-refractivity contribution in [3.8, 4) is 0 Å². The fourth-order valence-electron chi connectivity index (χ4n) is 2.58. The van der Waals surface area contributed by atoms with Crippen molar-refractivity contribution in [1.29, 1.82) is 0 Å². The van der Waals surface area contributed by atoms with E-state index < -0.39 is 5.41 Å². The summed E-state index contributed by atoms with van der Waals surface area (Å²) in [5.41, 5.74) is 0.453. The first-order valence-corrected chi connectivity index (χ1v) is 8.15. The quantitative estimate of drug-likeness (QED) is 0.688. The van der Waals surface area contributed by atoms with Gasteiger partial charge < -0.3 is 14.1 Å². The van der Waals surface area contributed by atoms with Crippen LogP contribution in [0.3, 0.4) is 0 Å². The van der Waals surface area contributed by atoms with Crippen LogP contribution in [0, 0.1) is 5.41 Å². The van der Waals surface area contributed by atoms with Gasteiger partial charge in [0.25, 0.3) is 0 Å². The summed E-state index contributed by atoms with van der Waals surface area (Å²) < 4.78 is 10.1. The molecule has 0 atom stereocenters. The van der Waals surface area contributed by atoms with Crippen molar-refractivity contribution in [2.45, 2.75) is 39.8 Å². The smallest absolute Gasteiger partial charge is 0.306 e. The number of aromatic nitrogens is 1. The van der Waals surface area contributed by atoms with Crippen LogP contribution in [0.5, 0.6) is 0 Å². The lowest BCUT2D eigenvalue weighted by Crippen LogP contribution is -2.34. The molecule has 0 unspecified atom stereocenters. The van der Waals surface area contributed by atoms with E-state index in [2.05, 4.69) is 4.98 Å². The SMILES string of the molecule is COC(=O)CC(C)(C)CC(=O)N(Cc1cccnc1)Cc1ccco1. The first-order chi connectivity index (χ1) is 11.9. The molecule has 25 heavy (non-hydrogen) atoms. The third-order valence-electron chi connectivity index (χ3n) is 3.86. The fraction of sp³-hybridized carbons (Fsp3) is 0.421. The van der Waals surface area contributed by atoms with Crippen LogP contribution in [0.1, 0.15) is 38.0 Å². The molecule has 0 aromatic carbocycles. The molecule has 0 N–H and O–H groups in total. The first kappa shape index (κ1) is 18.7. The molecule has 6 heteroatoms. The average Bonchev–Trinajstić information content (AvgIpc) is 3.07. The second kappa shape index (κ2) is 8.46. The molecule has 0 fully saturated rings. The molecule has 2 aromatic heterocycles. The van der Waals surface area contributed by atoms with Crippen molar-refractivity contribution in [2.75, 3.05) is 7.11 Å². The molecule has 6 nitrogen and oxygen atoms in total. The second-order valence-corrected chi connectivity index (χ2v) is 6.78. The summed E-state index contributed by atoms with van der Waals surface area (Å²) in [5, 5.41) is 0. The van der Waals surface area contributed by atoms with Gasteiger partial charge in [0.05, 0.1) is 26.3 Å². The minimum absolute atomic E-state index is 0.0471. The van der Waals surface area contributed by atoms with E-state index in [1.165, 1.54) is 7.11 Å². The Labute approximate surface area is 147 Å². The highest BCUT2D eigenvalue weighted by Crippen LogP contribution is 2.27. The Bertz CT molecular complexity index is 681. The molecule has 0 aliphatic heterocycles. The number of furan rings is 1. The van der Waals surface area contributed by atoms with E-state index in [1.807, 2.05) is 32.0 Å². The lowest BCUT2D eigenvalue weighted by atomic mass is 9.85. The topological polar surface area (TPSA) is 72.6 Å². The number of hydrogen-bond donors (Lipinski definition) is 0. The van der Waals surface area contributed by atoms with Crippen molar-refractivity contribution in [2.24, 2.45) is 5.41 Å². The normalized spacial score (nSPS) is 11.2. The van der Waals surface area contributed by atoms with Gasteiger partial charge in [0.15, 0.2) is 0 Å². The maximum atomic E-state index is 12.9. The predicted octanol–water partition coefficient (Wildman–Crippen LogP) is 3.18. The van der Waals surface area contributed by atoms with Crippen molar-refractivity contribution < 1.29 is 18.7 Å². The number of esters is 1. The van der Waals surface area contributed by atoms with Crippen LogP contribution in [-0.2, 0) is 27.4 Å². The van der Waals surface area contributed by atoms with Crippen LogP contribution in [0.2, 0.25) is 0 Å². The third kappa shape index (κ3) is 6.06. The molecule has 2 heterocycles. The lowest BCUT2D eigenvalue weighted by Gasteiger charge is -2.28. The molecule has 0 radical (unpaired) electrons. The van der Waals surface area contributed by atoms with Crippen molar-refractivity contribution in [3.05, 3.63) is 54.2 Å². The Morgan fingerprint density at radius 1 is 1.20 bits per heavy atom. The molecule has 0 aliphatic rings. The van der Waals surface area contributed by atoms with Crippen LogP contribution in [-0.4, -0.2) is 28.9 Å². The van der Waals surface area contributed by atoms with E-state index in [0.29, 0.717) is 18.8 Å². The zero-order chi connectivity index (χ0) is 18.3. The molecule has 2 aromatic rings. The Hall–Kier alpha value is -2.63. The average molecular weight is 344 g/mol. The second-order valence-electron chi connectivity index (χ2n) is 6.78. The van der Waals surface area contributed by atoms with Gasteiger partial charge in [-0.1, -0.05) is 19.9 Å². The summed E-state index contributed by atoms with van der Waals surface area (Å²) in [6.07, 6.45) is 5.45. The van der Waals surface area contributed by atoms with Crippen molar-refractivity contribution >= 4 is 11.9 Å². The largest absolute Gasteiger partial charge is 0.469 e. The summed E-state index contributed by atoms with van der Waals surface area (Å²) in [4.78, 5) is 30.2. The number of ether oxygens (including phenoxy) is 1. The van der Waals surface area contributed by atoms with Gasteiger partial charge in [0, 0.05) is 25.4 Å². The summed E-state index contributed by atoms with van der Waals surface area (Å²) in [6, 6.07) is 7.40. The van der Waals surface area contributed by atoms with Gasteiger partial charge in [-0.2, -0.15) is 0 Å². The maximum absolute atomic E-state index is 12.9. The van der Waals surface area contributed by atoms with Crippen LogP contribution in [0.25, 0.3) is 0 Å². The van der Waals surface area contributed by atoms with Gasteiger partial charge in [0.2, 0.25) is 5.91 Å². The van der Waals surface area contributed by atoms with Gasteiger partial charge >= 0.3 is 5.97 Å². The Morgan fingerprint density at radius 2 is 2.00 bits per heavy atom. The Kier molecular flexibility index (Phi) is 6.33. The van der Waals surface area contributed by atoms with Crippen molar-refractivity contribution in [3.63, 3.8) is 0 Å². The van der Waals surface area contributed by atoms with Gasteiger partial charge in [-0.25, -0.2) is 0 Å². The van der Waals surface area contributed by atoms with E-state index in [9.17, 15) is 9.59 Å². The first-order valence-electron chi connectivity index (χ1n) is 8.15. The predicted molar refractivity (Wildman–Crippen MR) is 92.2 cm³/mol. The third-order valence-corrected chi connectivity index (χ3v) is 3.86. The minimum Gasteiger partial charge on any atom is -0.469 e. The van der Waals surface area contributed by atoms with Crippen LogP contribution in [0.15, 0.2) is 47.3 Å². The highest BCUT2D eigenvalue weighted by atomic mass is 16.5. The molecule has 0 bridgehead atoms. The maximum Gasteiger partial charge on any atom is 0.306 e. The highest BCUT2D eigenvalue weighted by Gasteiger charge is 2.28. The highest BCUT2D eigenvalue weighted by molar-refractivity contribution is 5.78. The van der Waals surface area contributed by atoms with E-state index in [4.69, 9.17) is 9.15 Å². The number of hydrogen-bond acceptors (Lipinski definition) is 5. The van der Waals surface area contributed by atoms with E-state index in [0.717, 1.165) is 5.56 Å². The van der Waals surface area contributed by atoms with Gasteiger partial charge in [-0.3, -0.25) is 14.6 Å². The Balaban J connectivity index is 2.10. The standard InChI is InChI=1S/C19H24N2O4/c1-19(2,11-18(23)24-3)10-17(22)21(14-16-7-5-9-25-16)13-15-6-4-8-20-12-15/h4-9,12H,10-11,13-14H2,1-3H3. The minimum atomic E-state index is -0.486. The fourth-order valence-corrected chi connectivity index (χ4v) is 2.58. The number of rotatable bonds is 8. The van der Waals surface area contributed by atoms with Crippen molar-refractivity contribution in [1.82, 2.24) is 9.88 Å². The Morgan fingerprint density at radius 3 is 2.60 bits per heavy atom. The number of pyridine rings is 1. The van der Waals surface area contributed by atoms with Crippen LogP contribution >= 0.6 is 0 Å². The molecule has 2 rings (SSSR count). The van der Waals surface area contributed by atoms with Gasteiger partial charge in [-0.15, -0.1) is 0 Å². The van der Waals surface area contributed by atoms with Crippen LogP contribution < -0.4 is 0 Å². The number of carbonyl (C=O) groups excluding carboxylic acids is 2. The molecule has 0 aliphatic carbocycles. The summed E-state index contributed by atoms with van der Waals surface area (Å²) in [6.45, 7) is 4.57. The van der Waals surface area contributed by atoms with E-state index in [-0.39, 0.29) is 24.7 Å². The van der Waals surface area contributed by atoms with Gasteiger partial charge in [-0.05, 0) is 29.2 Å². The monoisotopic (exact) mass is 344 g/mol. The number of methoxy groups -OCH3 is 1. The number of carbonyl (C=O) groups is 2. The zero-order valence-corrected chi connectivity index (χ0v) is 14.9. The van der Waals surface area contributed by atoms with E-state index >= 15 is 0 Å². The summed E-state index contributed by atoms with van der Waals surface area (Å²) in [7, 11) is 1.35. The number of nitrogens with zero attached hydrogens (tertiary/aromatic N) is 2. The van der Waals surface area contributed by atoms with E-state index in [1.54, 1.807) is 29.6 Å². The molecule has 1 amide bonds. The van der Waals surface area contributed by atoms with Crippen LogP contribution in [0.4, 0.5) is 0 Å². The zero-order valence-electron chi connectivity index (χ0n) is 14.9. The lowest BCUT2D eigenvalue weighted by molar-refractivity contribution is -0.144. The molecule has 134 valence electrons. The summed E-state index contributed by atoms with van der Waals surface area (Å²) >= 11 is 0. The molecule has 0 spiro atoms. The molecular formula is C19H24N2O4. The number of amides is 1. The molecule has 0 saturated heterocycles. The van der Waals surface area contributed by atoms with Gasteiger partial charge in [0.1, 0.15) is 5.76 Å².